The molecular weight excluding hydrogens is 335 g/mol. The fourth-order valence-electron chi connectivity index (χ4n) is 2.03. The van der Waals surface area contributed by atoms with Crippen LogP contribution in [0.5, 0.6) is 0 Å². The van der Waals surface area contributed by atoms with Crippen LogP contribution in [0.1, 0.15) is 16.1 Å². The van der Waals surface area contributed by atoms with Gasteiger partial charge < -0.3 is 9.73 Å². The van der Waals surface area contributed by atoms with E-state index in [9.17, 15) is 4.79 Å². The van der Waals surface area contributed by atoms with Crippen molar-refractivity contribution in [3.05, 3.63) is 76.2 Å². The van der Waals surface area contributed by atoms with Gasteiger partial charge >= 0.3 is 0 Å². The molecule has 116 valence electrons. The van der Waals surface area contributed by atoms with Crippen LogP contribution in [0.4, 0.5) is 0 Å². The number of furan rings is 1. The highest BCUT2D eigenvalue weighted by molar-refractivity contribution is 6.42. The molecule has 0 spiro atoms. The molecule has 0 bridgehead atoms. The third-order valence-corrected chi connectivity index (χ3v) is 3.98. The number of hydrogen-bond acceptors (Lipinski definition) is 3. The van der Waals surface area contributed by atoms with Crippen molar-refractivity contribution in [3.8, 4) is 11.3 Å². The summed E-state index contributed by atoms with van der Waals surface area (Å²) in [6, 6.07) is 12.2. The van der Waals surface area contributed by atoms with Gasteiger partial charge in [0.2, 0.25) is 0 Å². The lowest BCUT2D eigenvalue weighted by molar-refractivity contribution is 0.0924. The summed E-state index contributed by atoms with van der Waals surface area (Å²) in [5.74, 6) is 0.505. The lowest BCUT2D eigenvalue weighted by Gasteiger charge is -2.03. The van der Waals surface area contributed by atoms with Crippen molar-refractivity contribution in [1.29, 1.82) is 0 Å². The average Bonchev–Trinajstić information content (AvgIpc) is 3.06. The second-order valence-corrected chi connectivity index (χ2v) is 5.65. The molecule has 3 aromatic rings. The standard InChI is InChI=1S/C17H12Cl2N2O2/c18-13-2-1-12(9-14(13)19)15-3-4-16(23-15)17(22)21-10-11-5-7-20-8-6-11/h1-9H,10H2,(H,21,22). The molecule has 0 unspecified atom stereocenters. The van der Waals surface area contributed by atoms with Gasteiger partial charge in [0.05, 0.1) is 10.0 Å². The van der Waals surface area contributed by atoms with Gasteiger partial charge in [0.1, 0.15) is 5.76 Å². The van der Waals surface area contributed by atoms with Crippen LogP contribution in [0.2, 0.25) is 10.0 Å². The molecule has 6 heteroatoms. The lowest BCUT2D eigenvalue weighted by atomic mass is 10.2. The molecule has 0 fully saturated rings. The van der Waals surface area contributed by atoms with E-state index in [1.54, 1.807) is 42.7 Å². The van der Waals surface area contributed by atoms with Crippen LogP contribution in [0, 0.1) is 0 Å². The fourth-order valence-corrected chi connectivity index (χ4v) is 2.33. The summed E-state index contributed by atoms with van der Waals surface area (Å²) >= 11 is 11.9. The minimum absolute atomic E-state index is 0.236. The van der Waals surface area contributed by atoms with Crippen LogP contribution in [0.25, 0.3) is 11.3 Å². The molecular formula is C17H12Cl2N2O2. The largest absolute Gasteiger partial charge is 0.451 e. The van der Waals surface area contributed by atoms with Gasteiger partial charge in [-0.2, -0.15) is 0 Å². The highest BCUT2D eigenvalue weighted by Crippen LogP contribution is 2.29. The zero-order valence-electron chi connectivity index (χ0n) is 11.9. The maximum absolute atomic E-state index is 12.1. The Morgan fingerprint density at radius 2 is 1.83 bits per heavy atom. The Morgan fingerprint density at radius 1 is 1.04 bits per heavy atom. The Labute approximate surface area is 143 Å². The van der Waals surface area contributed by atoms with Gasteiger partial charge in [0, 0.05) is 24.5 Å². The van der Waals surface area contributed by atoms with Crippen molar-refractivity contribution in [3.63, 3.8) is 0 Å². The van der Waals surface area contributed by atoms with E-state index in [4.69, 9.17) is 27.6 Å². The molecule has 1 aromatic carbocycles. The number of halogens is 2. The molecule has 1 amide bonds. The molecule has 0 radical (unpaired) electrons. The van der Waals surface area contributed by atoms with Gasteiger partial charge in [-0.15, -0.1) is 0 Å². The van der Waals surface area contributed by atoms with E-state index in [-0.39, 0.29) is 11.7 Å². The smallest absolute Gasteiger partial charge is 0.287 e. The third-order valence-electron chi connectivity index (χ3n) is 3.24. The van der Waals surface area contributed by atoms with Gasteiger partial charge in [-0.3, -0.25) is 9.78 Å². The van der Waals surface area contributed by atoms with Gasteiger partial charge in [-0.1, -0.05) is 23.2 Å². The number of carbonyl (C=O) groups is 1. The lowest BCUT2D eigenvalue weighted by Crippen LogP contribution is -2.22. The quantitative estimate of drug-likeness (QED) is 0.752. The number of rotatable bonds is 4. The number of benzene rings is 1. The molecule has 3 rings (SSSR count). The average molecular weight is 347 g/mol. The summed E-state index contributed by atoms with van der Waals surface area (Å²) in [6.07, 6.45) is 3.35. The van der Waals surface area contributed by atoms with Crippen LogP contribution in [0.3, 0.4) is 0 Å². The van der Waals surface area contributed by atoms with E-state index in [0.29, 0.717) is 22.4 Å². The van der Waals surface area contributed by atoms with Gasteiger partial charge in [0.15, 0.2) is 5.76 Å². The van der Waals surface area contributed by atoms with Crippen LogP contribution in [0.15, 0.2) is 59.3 Å². The molecule has 0 saturated heterocycles. The molecule has 0 atom stereocenters. The van der Waals surface area contributed by atoms with Crippen LogP contribution < -0.4 is 5.32 Å². The molecule has 2 heterocycles. The summed E-state index contributed by atoms with van der Waals surface area (Å²) in [4.78, 5) is 16.0. The van der Waals surface area contributed by atoms with E-state index >= 15 is 0 Å². The Morgan fingerprint density at radius 3 is 2.57 bits per heavy atom. The predicted molar refractivity (Wildman–Crippen MR) is 89.6 cm³/mol. The topological polar surface area (TPSA) is 55.1 Å². The van der Waals surface area contributed by atoms with E-state index < -0.39 is 0 Å². The van der Waals surface area contributed by atoms with Crippen molar-refractivity contribution in [2.75, 3.05) is 0 Å². The van der Waals surface area contributed by atoms with E-state index in [2.05, 4.69) is 10.3 Å². The zero-order valence-corrected chi connectivity index (χ0v) is 13.4. The second-order valence-electron chi connectivity index (χ2n) is 4.83. The molecule has 4 nitrogen and oxygen atoms in total. The first kappa shape index (κ1) is 15.6. The SMILES string of the molecule is O=C(NCc1ccncc1)c1ccc(-c2ccc(Cl)c(Cl)c2)o1. The first-order chi connectivity index (χ1) is 11.1. The molecule has 0 saturated carbocycles. The Kier molecular flexibility index (Phi) is 4.65. The van der Waals surface area contributed by atoms with Crippen molar-refractivity contribution in [2.45, 2.75) is 6.54 Å². The molecule has 0 aliphatic carbocycles. The predicted octanol–water partition coefficient (Wildman–Crippen LogP) is 4.58. The van der Waals surface area contributed by atoms with Gasteiger partial charge in [-0.25, -0.2) is 0 Å². The van der Waals surface area contributed by atoms with Gasteiger partial charge in [-0.05, 0) is 48.0 Å². The van der Waals surface area contributed by atoms with Crippen molar-refractivity contribution >= 4 is 29.1 Å². The van der Waals surface area contributed by atoms with E-state index in [1.165, 1.54) is 0 Å². The molecule has 23 heavy (non-hydrogen) atoms. The normalized spacial score (nSPS) is 10.5. The number of hydrogen-bond donors (Lipinski definition) is 1. The van der Waals surface area contributed by atoms with Crippen molar-refractivity contribution in [1.82, 2.24) is 10.3 Å². The number of pyridine rings is 1. The maximum Gasteiger partial charge on any atom is 0.287 e. The summed E-state index contributed by atoms with van der Waals surface area (Å²) in [5.41, 5.74) is 1.72. The summed E-state index contributed by atoms with van der Waals surface area (Å²) in [7, 11) is 0. The molecule has 0 aliphatic rings. The number of nitrogens with one attached hydrogen (secondary N) is 1. The molecule has 1 N–H and O–H groups in total. The highest BCUT2D eigenvalue weighted by Gasteiger charge is 2.12. The maximum atomic E-state index is 12.1. The number of aromatic nitrogens is 1. The molecule has 2 aromatic heterocycles. The molecule has 0 aliphatic heterocycles. The van der Waals surface area contributed by atoms with E-state index in [0.717, 1.165) is 11.1 Å². The van der Waals surface area contributed by atoms with Crippen LogP contribution in [-0.2, 0) is 6.54 Å². The zero-order chi connectivity index (χ0) is 16.2. The number of nitrogens with zero attached hydrogens (tertiary/aromatic N) is 1. The first-order valence-electron chi connectivity index (χ1n) is 6.86. The Bertz CT molecular complexity index is 832. The number of amides is 1. The Hall–Kier alpha value is -2.30. The summed E-state index contributed by atoms with van der Waals surface area (Å²) in [5, 5.41) is 3.70. The van der Waals surface area contributed by atoms with Crippen molar-refractivity contribution < 1.29 is 9.21 Å². The summed E-state index contributed by atoms with van der Waals surface area (Å²) in [6.45, 7) is 0.407. The Balaban J connectivity index is 1.71. The fraction of sp³-hybridized carbons (Fsp3) is 0.0588. The van der Waals surface area contributed by atoms with Crippen LogP contribution in [-0.4, -0.2) is 10.9 Å². The van der Waals surface area contributed by atoms with Gasteiger partial charge in [0.25, 0.3) is 5.91 Å². The summed E-state index contributed by atoms with van der Waals surface area (Å²) < 4.78 is 5.59. The highest BCUT2D eigenvalue weighted by atomic mass is 35.5. The minimum atomic E-state index is -0.284. The second kappa shape index (κ2) is 6.86. The first-order valence-corrected chi connectivity index (χ1v) is 7.61. The third kappa shape index (κ3) is 3.73. The minimum Gasteiger partial charge on any atom is -0.451 e. The van der Waals surface area contributed by atoms with Crippen LogP contribution >= 0.6 is 23.2 Å². The monoisotopic (exact) mass is 346 g/mol. The number of carbonyl (C=O) groups excluding carboxylic acids is 1. The van der Waals surface area contributed by atoms with Crippen molar-refractivity contribution in [2.24, 2.45) is 0 Å². The van der Waals surface area contributed by atoms with E-state index in [1.807, 2.05) is 12.1 Å².